The zero-order chi connectivity index (χ0) is 9.84. The first-order chi connectivity index (χ1) is 6.15. The lowest BCUT2D eigenvalue weighted by atomic mass is 10.1. The molecule has 0 aliphatic rings. The average Bonchev–Trinajstić information content (AvgIpc) is 2.04. The summed E-state index contributed by atoms with van der Waals surface area (Å²) in [6.45, 7) is 2.00. The van der Waals surface area contributed by atoms with Crippen LogP contribution < -0.4 is 0 Å². The normalized spacial score (nSPS) is 10.1. The highest BCUT2D eigenvalue weighted by Gasteiger charge is 2.08. The van der Waals surface area contributed by atoms with Crippen molar-refractivity contribution in [2.45, 2.75) is 19.8 Å². The molecular weight excluding hydrogens is 296 g/mol. The van der Waals surface area contributed by atoms with Gasteiger partial charge in [-0.3, -0.25) is 4.79 Å². The van der Waals surface area contributed by atoms with E-state index in [1.165, 1.54) is 0 Å². The highest BCUT2D eigenvalue weighted by Crippen LogP contribution is 2.23. The summed E-state index contributed by atoms with van der Waals surface area (Å²) in [6, 6.07) is 5.61. The molecule has 0 saturated carbocycles. The number of benzene rings is 1. The topological polar surface area (TPSA) is 17.1 Å². The van der Waals surface area contributed by atoms with Crippen molar-refractivity contribution >= 4 is 37.6 Å². The molecule has 0 atom stereocenters. The molecule has 0 spiro atoms. The van der Waals surface area contributed by atoms with Gasteiger partial charge in [0.1, 0.15) is 0 Å². The van der Waals surface area contributed by atoms with Crippen LogP contribution in [0.25, 0.3) is 0 Å². The maximum atomic E-state index is 11.5. The molecule has 0 aromatic heterocycles. The van der Waals surface area contributed by atoms with Crippen LogP contribution in [0.2, 0.25) is 0 Å². The van der Waals surface area contributed by atoms with Crippen molar-refractivity contribution in [3.63, 3.8) is 0 Å². The van der Waals surface area contributed by atoms with E-state index in [2.05, 4.69) is 31.9 Å². The van der Waals surface area contributed by atoms with Crippen LogP contribution in [0.3, 0.4) is 0 Å². The molecular formula is C10H10Br2O. The molecule has 1 rings (SSSR count). The Labute approximate surface area is 94.8 Å². The van der Waals surface area contributed by atoms with Gasteiger partial charge >= 0.3 is 0 Å². The van der Waals surface area contributed by atoms with Crippen molar-refractivity contribution < 1.29 is 4.79 Å². The third-order valence-electron chi connectivity index (χ3n) is 1.71. The highest BCUT2D eigenvalue weighted by molar-refractivity contribution is 9.11. The number of ketones is 1. The summed E-state index contributed by atoms with van der Waals surface area (Å²) >= 11 is 6.71. The van der Waals surface area contributed by atoms with E-state index in [1.807, 2.05) is 25.1 Å². The Balaban J connectivity index is 2.95. The Morgan fingerprint density at radius 3 is 2.62 bits per heavy atom. The number of hydrogen-bond acceptors (Lipinski definition) is 1. The Kier molecular flexibility index (Phi) is 4.13. The van der Waals surface area contributed by atoms with Gasteiger partial charge in [-0.2, -0.15) is 0 Å². The first kappa shape index (κ1) is 10.9. The average molecular weight is 306 g/mol. The molecule has 0 heterocycles. The molecule has 70 valence electrons. The van der Waals surface area contributed by atoms with E-state index in [-0.39, 0.29) is 5.78 Å². The van der Waals surface area contributed by atoms with Gasteiger partial charge in [0.25, 0.3) is 0 Å². The van der Waals surface area contributed by atoms with Gasteiger partial charge in [0.05, 0.1) is 0 Å². The van der Waals surface area contributed by atoms with Crippen LogP contribution >= 0.6 is 31.9 Å². The zero-order valence-corrected chi connectivity index (χ0v) is 10.5. The number of carbonyl (C=O) groups is 1. The number of rotatable bonds is 3. The Morgan fingerprint density at radius 1 is 1.38 bits per heavy atom. The van der Waals surface area contributed by atoms with Crippen molar-refractivity contribution in [2.75, 3.05) is 0 Å². The number of hydrogen-bond donors (Lipinski definition) is 0. The standard InChI is InChI=1S/C10H10Br2O/c1-2-3-10(13)8-5-4-7(11)6-9(8)12/h4-6H,2-3H2,1H3. The van der Waals surface area contributed by atoms with Crippen molar-refractivity contribution in [2.24, 2.45) is 0 Å². The molecule has 1 nitrogen and oxygen atoms in total. The lowest BCUT2D eigenvalue weighted by Crippen LogP contribution is -1.98. The Bertz CT molecular complexity index is 321. The molecule has 0 bridgehead atoms. The summed E-state index contributed by atoms with van der Waals surface area (Å²) in [4.78, 5) is 11.5. The molecule has 0 saturated heterocycles. The van der Waals surface area contributed by atoms with Crippen molar-refractivity contribution in [1.29, 1.82) is 0 Å². The molecule has 0 amide bonds. The van der Waals surface area contributed by atoms with Gasteiger partial charge in [-0.15, -0.1) is 0 Å². The second-order valence-electron chi connectivity index (χ2n) is 2.80. The van der Waals surface area contributed by atoms with Crippen LogP contribution in [0.15, 0.2) is 27.1 Å². The fourth-order valence-corrected chi connectivity index (χ4v) is 2.35. The molecule has 3 heteroatoms. The fourth-order valence-electron chi connectivity index (χ4n) is 1.08. The van der Waals surface area contributed by atoms with E-state index in [1.54, 1.807) is 0 Å². The first-order valence-electron chi connectivity index (χ1n) is 4.13. The van der Waals surface area contributed by atoms with Crippen LogP contribution in [-0.4, -0.2) is 5.78 Å². The van der Waals surface area contributed by atoms with Gasteiger partial charge in [0, 0.05) is 20.9 Å². The van der Waals surface area contributed by atoms with Gasteiger partial charge in [0.15, 0.2) is 5.78 Å². The summed E-state index contributed by atoms with van der Waals surface area (Å²) < 4.78 is 1.84. The number of halogens is 2. The van der Waals surface area contributed by atoms with Crippen molar-refractivity contribution in [3.05, 3.63) is 32.7 Å². The van der Waals surface area contributed by atoms with E-state index in [0.717, 1.165) is 20.9 Å². The maximum absolute atomic E-state index is 11.5. The third kappa shape index (κ3) is 2.92. The van der Waals surface area contributed by atoms with E-state index in [4.69, 9.17) is 0 Å². The van der Waals surface area contributed by atoms with Crippen LogP contribution in [0, 0.1) is 0 Å². The molecule has 0 aliphatic carbocycles. The van der Waals surface area contributed by atoms with E-state index in [0.29, 0.717) is 6.42 Å². The summed E-state index contributed by atoms with van der Waals surface area (Å²) in [6.07, 6.45) is 1.50. The molecule has 13 heavy (non-hydrogen) atoms. The second kappa shape index (κ2) is 4.91. The van der Waals surface area contributed by atoms with Gasteiger partial charge in [-0.05, 0) is 24.6 Å². The van der Waals surface area contributed by atoms with Crippen LogP contribution in [-0.2, 0) is 0 Å². The van der Waals surface area contributed by atoms with Gasteiger partial charge < -0.3 is 0 Å². The zero-order valence-electron chi connectivity index (χ0n) is 7.31. The summed E-state index contributed by atoms with van der Waals surface area (Å²) in [5, 5.41) is 0. The minimum absolute atomic E-state index is 0.196. The maximum Gasteiger partial charge on any atom is 0.163 e. The quantitative estimate of drug-likeness (QED) is 0.765. The third-order valence-corrected chi connectivity index (χ3v) is 2.86. The van der Waals surface area contributed by atoms with Crippen molar-refractivity contribution in [1.82, 2.24) is 0 Å². The fraction of sp³-hybridized carbons (Fsp3) is 0.300. The molecule has 1 aromatic carbocycles. The molecule has 0 unspecified atom stereocenters. The molecule has 1 aromatic rings. The minimum Gasteiger partial charge on any atom is -0.294 e. The number of carbonyl (C=O) groups excluding carboxylic acids is 1. The second-order valence-corrected chi connectivity index (χ2v) is 4.57. The van der Waals surface area contributed by atoms with E-state index >= 15 is 0 Å². The van der Waals surface area contributed by atoms with Gasteiger partial charge in [0.2, 0.25) is 0 Å². The van der Waals surface area contributed by atoms with Gasteiger partial charge in [-0.1, -0.05) is 38.8 Å². The lowest BCUT2D eigenvalue weighted by molar-refractivity contribution is 0.0981. The smallest absolute Gasteiger partial charge is 0.163 e. The largest absolute Gasteiger partial charge is 0.294 e. The van der Waals surface area contributed by atoms with Crippen LogP contribution in [0.4, 0.5) is 0 Å². The first-order valence-corrected chi connectivity index (χ1v) is 5.72. The van der Waals surface area contributed by atoms with Crippen LogP contribution in [0.1, 0.15) is 30.1 Å². The highest BCUT2D eigenvalue weighted by atomic mass is 79.9. The summed E-state index contributed by atoms with van der Waals surface area (Å²) in [5.41, 5.74) is 0.769. The predicted octanol–water partition coefficient (Wildman–Crippen LogP) is 4.19. The lowest BCUT2D eigenvalue weighted by Gasteiger charge is -2.02. The molecule has 0 fully saturated rings. The Morgan fingerprint density at radius 2 is 2.08 bits per heavy atom. The number of Topliss-reactive ketones (excluding diaryl/α,β-unsaturated/α-hetero) is 1. The minimum atomic E-state index is 0.196. The molecule has 0 radical (unpaired) electrons. The van der Waals surface area contributed by atoms with E-state index in [9.17, 15) is 4.79 Å². The monoisotopic (exact) mass is 304 g/mol. The van der Waals surface area contributed by atoms with Crippen molar-refractivity contribution in [3.8, 4) is 0 Å². The predicted molar refractivity (Wildman–Crippen MR) is 61.1 cm³/mol. The van der Waals surface area contributed by atoms with E-state index < -0.39 is 0 Å². The van der Waals surface area contributed by atoms with Gasteiger partial charge in [-0.25, -0.2) is 0 Å². The summed E-state index contributed by atoms with van der Waals surface area (Å²) in [5.74, 6) is 0.196. The Hall–Kier alpha value is -0.150. The van der Waals surface area contributed by atoms with Crippen LogP contribution in [0.5, 0.6) is 0 Å². The molecule has 0 aliphatic heterocycles. The molecule has 0 N–H and O–H groups in total. The summed E-state index contributed by atoms with van der Waals surface area (Å²) in [7, 11) is 0. The SMILES string of the molecule is CCCC(=O)c1ccc(Br)cc1Br.